The lowest BCUT2D eigenvalue weighted by molar-refractivity contribution is 0.205. The van der Waals surface area contributed by atoms with E-state index in [1.807, 2.05) is 11.8 Å². The molecular formula is C13H18S2. The molecule has 1 aliphatic rings. The van der Waals surface area contributed by atoms with Crippen LogP contribution in [-0.2, 0) is 0 Å². The van der Waals surface area contributed by atoms with Gasteiger partial charge < -0.3 is 0 Å². The smallest absolute Gasteiger partial charge is 0.00723 e. The van der Waals surface area contributed by atoms with Crippen LogP contribution in [0.25, 0.3) is 0 Å². The van der Waals surface area contributed by atoms with Crippen LogP contribution in [0.2, 0.25) is 0 Å². The van der Waals surface area contributed by atoms with Gasteiger partial charge in [-0.1, -0.05) is 24.1 Å². The zero-order valence-corrected chi connectivity index (χ0v) is 10.9. The fraction of sp³-hybridized carbons (Fsp3) is 0.538. The van der Waals surface area contributed by atoms with E-state index in [4.69, 9.17) is 0 Å². The van der Waals surface area contributed by atoms with E-state index in [0.717, 1.165) is 5.75 Å². The van der Waals surface area contributed by atoms with Gasteiger partial charge in [-0.15, -0.1) is 11.8 Å². The fourth-order valence-electron chi connectivity index (χ4n) is 1.90. The lowest BCUT2D eigenvalue weighted by atomic mass is 9.72. The fourth-order valence-corrected chi connectivity index (χ4v) is 3.67. The van der Waals surface area contributed by atoms with Crippen LogP contribution in [0.4, 0.5) is 0 Å². The van der Waals surface area contributed by atoms with Crippen molar-refractivity contribution >= 4 is 24.4 Å². The van der Waals surface area contributed by atoms with Gasteiger partial charge in [-0.05, 0) is 43.1 Å². The standard InChI is InChI=1S/C13H18S2/c1-11-3-5-12(6-4-11)15-10-13(9-14)7-2-8-13/h3-6,14H,2,7-10H2,1H3. The largest absolute Gasteiger partial charge is 0.179 e. The Morgan fingerprint density at radius 3 is 2.40 bits per heavy atom. The van der Waals surface area contributed by atoms with Crippen LogP contribution in [0.5, 0.6) is 0 Å². The molecule has 2 rings (SSSR count). The summed E-state index contributed by atoms with van der Waals surface area (Å²) >= 11 is 6.47. The summed E-state index contributed by atoms with van der Waals surface area (Å²) in [5.41, 5.74) is 1.88. The Bertz CT molecular complexity index is 306. The molecule has 1 aromatic carbocycles. The summed E-state index contributed by atoms with van der Waals surface area (Å²) < 4.78 is 0. The van der Waals surface area contributed by atoms with Gasteiger partial charge >= 0.3 is 0 Å². The molecule has 0 atom stereocenters. The maximum absolute atomic E-state index is 4.48. The number of thioether (sulfide) groups is 1. The van der Waals surface area contributed by atoms with Crippen molar-refractivity contribution in [2.24, 2.45) is 5.41 Å². The second kappa shape index (κ2) is 4.84. The summed E-state index contributed by atoms with van der Waals surface area (Å²) in [7, 11) is 0. The highest BCUT2D eigenvalue weighted by Gasteiger charge is 2.35. The number of aryl methyl sites for hydroxylation is 1. The number of thiol groups is 1. The van der Waals surface area contributed by atoms with Crippen molar-refractivity contribution in [1.29, 1.82) is 0 Å². The minimum atomic E-state index is 0.540. The summed E-state index contributed by atoms with van der Waals surface area (Å²) in [4.78, 5) is 1.40. The number of hydrogen-bond acceptors (Lipinski definition) is 2. The third-order valence-electron chi connectivity index (χ3n) is 3.32. The number of benzene rings is 1. The Morgan fingerprint density at radius 1 is 1.27 bits per heavy atom. The van der Waals surface area contributed by atoms with E-state index in [2.05, 4.69) is 43.8 Å². The molecule has 0 N–H and O–H groups in total. The predicted molar refractivity (Wildman–Crippen MR) is 72.0 cm³/mol. The summed E-state index contributed by atoms with van der Waals surface area (Å²) in [6, 6.07) is 8.84. The molecule has 1 saturated carbocycles. The van der Waals surface area contributed by atoms with E-state index in [0.29, 0.717) is 5.41 Å². The van der Waals surface area contributed by atoms with E-state index in [-0.39, 0.29) is 0 Å². The van der Waals surface area contributed by atoms with Crippen molar-refractivity contribution in [2.45, 2.75) is 31.1 Å². The average Bonchev–Trinajstić information content (AvgIpc) is 2.20. The molecule has 1 aromatic rings. The van der Waals surface area contributed by atoms with Crippen molar-refractivity contribution in [3.63, 3.8) is 0 Å². The first kappa shape index (κ1) is 11.4. The molecule has 0 unspecified atom stereocenters. The van der Waals surface area contributed by atoms with E-state index in [9.17, 15) is 0 Å². The van der Waals surface area contributed by atoms with Crippen LogP contribution < -0.4 is 0 Å². The lowest BCUT2D eigenvalue weighted by Crippen LogP contribution is -2.33. The minimum absolute atomic E-state index is 0.540. The number of rotatable bonds is 4. The molecule has 0 bridgehead atoms. The Balaban J connectivity index is 1.90. The molecule has 0 aromatic heterocycles. The van der Waals surface area contributed by atoms with E-state index < -0.39 is 0 Å². The second-order valence-corrected chi connectivity index (χ2v) is 5.98. The second-order valence-electron chi connectivity index (χ2n) is 4.61. The first-order valence-electron chi connectivity index (χ1n) is 5.54. The van der Waals surface area contributed by atoms with Gasteiger partial charge in [-0.25, -0.2) is 0 Å². The SMILES string of the molecule is Cc1ccc(SCC2(CS)CCC2)cc1. The van der Waals surface area contributed by atoms with Gasteiger partial charge in [0.15, 0.2) is 0 Å². The summed E-state index contributed by atoms with van der Waals surface area (Å²) in [5, 5.41) is 0. The molecule has 0 spiro atoms. The highest BCUT2D eigenvalue weighted by Crippen LogP contribution is 2.45. The van der Waals surface area contributed by atoms with Crippen molar-refractivity contribution in [3.8, 4) is 0 Å². The summed E-state index contributed by atoms with van der Waals surface area (Å²) in [5.74, 6) is 2.28. The molecule has 0 heterocycles. The predicted octanol–water partition coefficient (Wildman–Crippen LogP) is 4.19. The maximum atomic E-state index is 4.48. The van der Waals surface area contributed by atoms with Gasteiger partial charge in [0.05, 0.1) is 0 Å². The average molecular weight is 238 g/mol. The van der Waals surface area contributed by atoms with Gasteiger partial charge in [-0.3, -0.25) is 0 Å². The van der Waals surface area contributed by atoms with Crippen LogP contribution in [0, 0.1) is 12.3 Å². The van der Waals surface area contributed by atoms with Crippen LogP contribution >= 0.6 is 24.4 Å². The summed E-state index contributed by atoms with van der Waals surface area (Å²) in [6.07, 6.45) is 4.14. The molecule has 1 aliphatic carbocycles. The quantitative estimate of drug-likeness (QED) is 0.606. The minimum Gasteiger partial charge on any atom is -0.179 e. The van der Waals surface area contributed by atoms with E-state index in [1.54, 1.807) is 0 Å². The Labute approximate surface area is 102 Å². The zero-order valence-electron chi connectivity index (χ0n) is 9.20. The third-order valence-corrected chi connectivity index (χ3v) is 5.35. The van der Waals surface area contributed by atoms with Crippen molar-refractivity contribution in [3.05, 3.63) is 29.8 Å². The normalized spacial score (nSPS) is 18.5. The van der Waals surface area contributed by atoms with Gasteiger partial charge in [0.2, 0.25) is 0 Å². The van der Waals surface area contributed by atoms with Crippen molar-refractivity contribution < 1.29 is 0 Å². The first-order chi connectivity index (χ1) is 7.24. The van der Waals surface area contributed by atoms with Crippen LogP contribution in [0.3, 0.4) is 0 Å². The van der Waals surface area contributed by atoms with Gasteiger partial charge in [0.1, 0.15) is 0 Å². The monoisotopic (exact) mass is 238 g/mol. The molecule has 15 heavy (non-hydrogen) atoms. The summed E-state index contributed by atoms with van der Waals surface area (Å²) in [6.45, 7) is 2.13. The first-order valence-corrected chi connectivity index (χ1v) is 7.16. The molecule has 82 valence electrons. The van der Waals surface area contributed by atoms with E-state index in [1.165, 1.54) is 35.5 Å². The molecule has 0 nitrogen and oxygen atoms in total. The van der Waals surface area contributed by atoms with Crippen LogP contribution in [0.15, 0.2) is 29.2 Å². The Morgan fingerprint density at radius 2 is 1.93 bits per heavy atom. The maximum Gasteiger partial charge on any atom is 0.00723 e. The Kier molecular flexibility index (Phi) is 3.68. The zero-order chi connectivity index (χ0) is 10.7. The van der Waals surface area contributed by atoms with Crippen LogP contribution in [-0.4, -0.2) is 11.5 Å². The Hall–Kier alpha value is -0.0800. The topological polar surface area (TPSA) is 0 Å². The molecule has 0 saturated heterocycles. The number of hydrogen-bond donors (Lipinski definition) is 1. The van der Waals surface area contributed by atoms with Crippen molar-refractivity contribution in [2.75, 3.05) is 11.5 Å². The van der Waals surface area contributed by atoms with Gasteiger partial charge in [-0.2, -0.15) is 12.6 Å². The molecule has 1 fully saturated rings. The molecule has 0 aliphatic heterocycles. The molecule has 2 heteroatoms. The highest BCUT2D eigenvalue weighted by atomic mass is 32.2. The lowest BCUT2D eigenvalue weighted by Gasteiger charge is -2.40. The van der Waals surface area contributed by atoms with Gasteiger partial charge in [0.25, 0.3) is 0 Å². The van der Waals surface area contributed by atoms with E-state index >= 15 is 0 Å². The molecular weight excluding hydrogens is 220 g/mol. The van der Waals surface area contributed by atoms with Crippen LogP contribution in [0.1, 0.15) is 24.8 Å². The van der Waals surface area contributed by atoms with Gasteiger partial charge in [0, 0.05) is 10.6 Å². The molecule has 0 radical (unpaired) electrons. The third kappa shape index (κ3) is 2.73. The highest BCUT2D eigenvalue weighted by molar-refractivity contribution is 7.99. The van der Waals surface area contributed by atoms with Crippen molar-refractivity contribution in [1.82, 2.24) is 0 Å². The molecule has 0 amide bonds.